The molecule has 0 fully saturated rings. The van der Waals surface area contributed by atoms with Crippen LogP contribution in [-0.2, 0) is 16.0 Å². The molecule has 2 aromatic rings. The fraction of sp³-hybridized carbons (Fsp3) is 0.381. The molecule has 5 nitrogen and oxygen atoms in total. The number of unbranched alkanes of at least 4 members (excludes halogenated alkanes) is 1. The molecular weight excluding hydrogens is 328 g/mol. The molecule has 1 aromatic carbocycles. The summed E-state index contributed by atoms with van der Waals surface area (Å²) >= 11 is 0. The molecule has 1 heterocycles. The standard InChI is InChI=1S/C21H26N2O3/c1-16(24)23-14-12-17-8-10-18(11-9-17)20(6-2-3-7-21(25)26)19-5-4-13-22-15-19/h4-5,8-11,13,15,20H,2-3,6-7,12,14H2,1H3,(H,23,24)(H,25,26). The van der Waals surface area contributed by atoms with Crippen LogP contribution in [0, 0.1) is 0 Å². The molecule has 0 spiro atoms. The number of nitrogens with zero attached hydrogens (tertiary/aromatic N) is 1. The van der Waals surface area contributed by atoms with E-state index in [0.29, 0.717) is 13.0 Å². The molecular formula is C21H26N2O3. The maximum atomic E-state index is 10.9. The van der Waals surface area contributed by atoms with Gasteiger partial charge in [-0.1, -0.05) is 36.8 Å². The maximum Gasteiger partial charge on any atom is 0.303 e. The molecule has 0 bridgehead atoms. The van der Waals surface area contributed by atoms with Crippen molar-refractivity contribution in [2.45, 2.75) is 44.9 Å². The van der Waals surface area contributed by atoms with Gasteiger partial charge in [0.1, 0.15) is 0 Å². The first-order valence-electron chi connectivity index (χ1n) is 9.01. The Kier molecular flexibility index (Phi) is 7.80. The van der Waals surface area contributed by atoms with Crippen molar-refractivity contribution >= 4 is 11.9 Å². The molecule has 1 aromatic heterocycles. The van der Waals surface area contributed by atoms with Crippen LogP contribution in [0.2, 0.25) is 0 Å². The van der Waals surface area contributed by atoms with E-state index >= 15 is 0 Å². The molecule has 1 unspecified atom stereocenters. The number of aromatic nitrogens is 1. The van der Waals surface area contributed by atoms with E-state index in [-0.39, 0.29) is 18.2 Å². The van der Waals surface area contributed by atoms with E-state index in [9.17, 15) is 9.59 Å². The Hall–Kier alpha value is -2.69. The molecule has 2 rings (SSSR count). The lowest BCUT2D eigenvalue weighted by Gasteiger charge is -2.18. The van der Waals surface area contributed by atoms with Crippen molar-refractivity contribution in [3.63, 3.8) is 0 Å². The molecule has 138 valence electrons. The number of nitrogens with one attached hydrogen (secondary N) is 1. The summed E-state index contributed by atoms with van der Waals surface area (Å²) in [5, 5.41) is 11.6. The van der Waals surface area contributed by atoms with Gasteiger partial charge in [0.25, 0.3) is 0 Å². The normalized spacial score (nSPS) is 11.7. The predicted molar refractivity (Wildman–Crippen MR) is 101 cm³/mol. The average Bonchev–Trinajstić information content (AvgIpc) is 2.63. The smallest absolute Gasteiger partial charge is 0.303 e. The highest BCUT2D eigenvalue weighted by atomic mass is 16.4. The predicted octanol–water partition coefficient (Wildman–Crippen LogP) is 3.54. The average molecular weight is 354 g/mol. The van der Waals surface area contributed by atoms with Crippen molar-refractivity contribution in [3.8, 4) is 0 Å². The summed E-state index contributed by atoms with van der Waals surface area (Å²) in [5.74, 6) is -0.548. The number of hydrogen-bond donors (Lipinski definition) is 2. The van der Waals surface area contributed by atoms with Gasteiger partial charge in [0.2, 0.25) is 5.91 Å². The van der Waals surface area contributed by atoms with Crippen LogP contribution in [0.5, 0.6) is 0 Å². The number of carboxylic acid groups (broad SMARTS) is 1. The van der Waals surface area contributed by atoms with Crippen LogP contribution in [0.1, 0.15) is 55.2 Å². The number of carbonyl (C=O) groups is 2. The summed E-state index contributed by atoms with van der Waals surface area (Å²) in [6.07, 6.45) is 7.09. The number of carboxylic acids is 1. The number of pyridine rings is 1. The zero-order valence-electron chi connectivity index (χ0n) is 15.1. The van der Waals surface area contributed by atoms with Gasteiger partial charge in [-0.25, -0.2) is 0 Å². The number of benzene rings is 1. The van der Waals surface area contributed by atoms with Crippen LogP contribution in [0.15, 0.2) is 48.8 Å². The molecule has 0 aliphatic heterocycles. The minimum absolute atomic E-state index is 0.0142. The van der Waals surface area contributed by atoms with Gasteiger partial charge in [-0.15, -0.1) is 0 Å². The first-order valence-corrected chi connectivity index (χ1v) is 9.01. The highest BCUT2D eigenvalue weighted by Gasteiger charge is 2.14. The summed E-state index contributed by atoms with van der Waals surface area (Å²) in [6.45, 7) is 2.15. The van der Waals surface area contributed by atoms with Gasteiger partial charge < -0.3 is 10.4 Å². The number of amides is 1. The largest absolute Gasteiger partial charge is 0.481 e. The van der Waals surface area contributed by atoms with Crippen molar-refractivity contribution in [1.82, 2.24) is 10.3 Å². The zero-order valence-corrected chi connectivity index (χ0v) is 15.1. The van der Waals surface area contributed by atoms with Gasteiger partial charge in [-0.2, -0.15) is 0 Å². The lowest BCUT2D eigenvalue weighted by Crippen LogP contribution is -2.22. The van der Waals surface area contributed by atoms with Gasteiger partial charge in [0.05, 0.1) is 0 Å². The Bertz CT molecular complexity index is 699. The maximum absolute atomic E-state index is 10.9. The Balaban J connectivity index is 2.04. The van der Waals surface area contributed by atoms with E-state index in [4.69, 9.17) is 5.11 Å². The van der Waals surface area contributed by atoms with Crippen molar-refractivity contribution in [2.24, 2.45) is 0 Å². The fourth-order valence-corrected chi connectivity index (χ4v) is 3.03. The monoisotopic (exact) mass is 354 g/mol. The van der Waals surface area contributed by atoms with Crippen molar-refractivity contribution in [3.05, 3.63) is 65.5 Å². The molecule has 1 amide bonds. The van der Waals surface area contributed by atoms with Gasteiger partial charge in [-0.3, -0.25) is 14.6 Å². The van der Waals surface area contributed by atoms with Crippen molar-refractivity contribution in [2.75, 3.05) is 6.54 Å². The van der Waals surface area contributed by atoms with Crippen LogP contribution in [0.25, 0.3) is 0 Å². The lowest BCUT2D eigenvalue weighted by molar-refractivity contribution is -0.137. The number of aliphatic carboxylic acids is 1. The fourth-order valence-electron chi connectivity index (χ4n) is 3.03. The van der Waals surface area contributed by atoms with E-state index in [2.05, 4.69) is 40.6 Å². The lowest BCUT2D eigenvalue weighted by atomic mass is 9.87. The second-order valence-electron chi connectivity index (χ2n) is 6.45. The second-order valence-corrected chi connectivity index (χ2v) is 6.45. The second kappa shape index (κ2) is 10.3. The molecule has 0 radical (unpaired) electrons. The molecule has 0 aliphatic carbocycles. The Morgan fingerprint density at radius 3 is 2.50 bits per heavy atom. The SMILES string of the molecule is CC(=O)NCCc1ccc(C(CCCCC(=O)O)c2cccnc2)cc1. The van der Waals surface area contributed by atoms with Crippen LogP contribution in [-0.4, -0.2) is 28.5 Å². The third-order valence-corrected chi connectivity index (χ3v) is 4.39. The number of hydrogen-bond acceptors (Lipinski definition) is 3. The minimum Gasteiger partial charge on any atom is -0.481 e. The number of carbonyl (C=O) groups excluding carboxylic acids is 1. The van der Waals surface area contributed by atoms with Crippen LogP contribution >= 0.6 is 0 Å². The van der Waals surface area contributed by atoms with Crippen LogP contribution < -0.4 is 5.32 Å². The first kappa shape index (κ1) is 19.6. The van der Waals surface area contributed by atoms with Crippen molar-refractivity contribution < 1.29 is 14.7 Å². The molecule has 1 atom stereocenters. The Morgan fingerprint density at radius 2 is 1.88 bits per heavy atom. The molecule has 26 heavy (non-hydrogen) atoms. The Morgan fingerprint density at radius 1 is 1.12 bits per heavy atom. The topological polar surface area (TPSA) is 79.3 Å². The summed E-state index contributed by atoms with van der Waals surface area (Å²) in [6, 6.07) is 12.4. The molecule has 0 aliphatic rings. The summed E-state index contributed by atoms with van der Waals surface area (Å²) < 4.78 is 0. The molecule has 0 saturated carbocycles. The molecule has 2 N–H and O–H groups in total. The summed E-state index contributed by atoms with van der Waals surface area (Å²) in [5.41, 5.74) is 3.53. The van der Waals surface area contributed by atoms with Crippen LogP contribution in [0.3, 0.4) is 0 Å². The quantitative estimate of drug-likeness (QED) is 0.640. The van der Waals surface area contributed by atoms with Crippen LogP contribution in [0.4, 0.5) is 0 Å². The van der Waals surface area contributed by atoms with E-state index in [1.807, 2.05) is 12.3 Å². The summed E-state index contributed by atoms with van der Waals surface area (Å²) in [7, 11) is 0. The zero-order chi connectivity index (χ0) is 18.8. The van der Waals surface area contributed by atoms with Gasteiger partial charge >= 0.3 is 5.97 Å². The van der Waals surface area contributed by atoms with E-state index < -0.39 is 5.97 Å². The molecule has 5 heteroatoms. The Labute approximate surface area is 154 Å². The van der Waals surface area contributed by atoms with E-state index in [1.165, 1.54) is 18.1 Å². The number of rotatable bonds is 10. The van der Waals surface area contributed by atoms with E-state index in [0.717, 1.165) is 24.8 Å². The third kappa shape index (κ3) is 6.67. The highest BCUT2D eigenvalue weighted by molar-refractivity contribution is 5.72. The van der Waals surface area contributed by atoms with Gasteiger partial charge in [0, 0.05) is 38.2 Å². The first-order chi connectivity index (χ1) is 12.6. The molecule has 0 saturated heterocycles. The highest BCUT2D eigenvalue weighted by Crippen LogP contribution is 2.29. The third-order valence-electron chi connectivity index (χ3n) is 4.39. The van der Waals surface area contributed by atoms with E-state index in [1.54, 1.807) is 6.20 Å². The van der Waals surface area contributed by atoms with Crippen molar-refractivity contribution in [1.29, 1.82) is 0 Å². The summed E-state index contributed by atoms with van der Waals surface area (Å²) in [4.78, 5) is 25.9. The van der Waals surface area contributed by atoms with Gasteiger partial charge in [-0.05, 0) is 42.0 Å². The van der Waals surface area contributed by atoms with Gasteiger partial charge in [0.15, 0.2) is 0 Å². The minimum atomic E-state index is -0.744.